The van der Waals surface area contributed by atoms with Crippen LogP contribution in [0.4, 0.5) is 13.2 Å². The highest BCUT2D eigenvalue weighted by Gasteiger charge is 2.38. The van der Waals surface area contributed by atoms with Crippen LogP contribution in [0.1, 0.15) is 11.1 Å². The Labute approximate surface area is 108 Å². The summed E-state index contributed by atoms with van der Waals surface area (Å²) in [6, 6.07) is 6.71. The van der Waals surface area contributed by atoms with Gasteiger partial charge in [0.15, 0.2) is 0 Å². The Kier molecular flexibility index (Phi) is 3.30. The number of benzene rings is 2. The Balaban J connectivity index is 3.00. The maximum atomic E-state index is 13.2. The molecular weight excluding hydrogens is 257 g/mol. The van der Waals surface area contributed by atoms with Crippen molar-refractivity contribution in [1.82, 2.24) is 0 Å². The molecule has 0 aliphatic rings. The van der Waals surface area contributed by atoms with Crippen LogP contribution in [0.15, 0.2) is 24.3 Å². The second-order valence-corrected chi connectivity index (χ2v) is 4.11. The topological polar surface area (TPSA) is 18.5 Å². The van der Waals surface area contributed by atoms with E-state index in [9.17, 15) is 13.2 Å². The van der Waals surface area contributed by atoms with Crippen LogP contribution in [0.25, 0.3) is 10.8 Å². The lowest BCUT2D eigenvalue weighted by atomic mass is 9.98. The van der Waals surface area contributed by atoms with Crippen LogP contribution in [0.5, 0.6) is 11.5 Å². The third-order valence-electron chi connectivity index (χ3n) is 3.05. The average Bonchev–Trinajstić information content (AvgIpc) is 2.35. The molecule has 0 amide bonds. The van der Waals surface area contributed by atoms with Gasteiger partial charge in [-0.3, -0.25) is 0 Å². The predicted molar refractivity (Wildman–Crippen MR) is 66.8 cm³/mol. The van der Waals surface area contributed by atoms with Gasteiger partial charge in [0, 0.05) is 16.3 Å². The van der Waals surface area contributed by atoms with E-state index in [2.05, 4.69) is 0 Å². The average molecular weight is 270 g/mol. The number of hydrogen-bond acceptors (Lipinski definition) is 2. The molecule has 2 nitrogen and oxygen atoms in total. The van der Waals surface area contributed by atoms with Gasteiger partial charge >= 0.3 is 6.18 Å². The maximum Gasteiger partial charge on any atom is 0.420 e. The number of halogens is 3. The van der Waals surface area contributed by atoms with Gasteiger partial charge in [-0.25, -0.2) is 0 Å². The summed E-state index contributed by atoms with van der Waals surface area (Å²) in [6.07, 6.45) is -4.49. The molecule has 0 bridgehead atoms. The first-order valence-electron chi connectivity index (χ1n) is 5.62. The van der Waals surface area contributed by atoms with Crippen molar-refractivity contribution in [2.45, 2.75) is 13.1 Å². The molecule has 0 N–H and O–H groups in total. The first-order chi connectivity index (χ1) is 8.91. The van der Waals surface area contributed by atoms with Crippen LogP contribution in [-0.2, 0) is 6.18 Å². The standard InChI is InChI=1S/C14H13F3O2/c1-8-11(14(15,16)17)13(19-3)10-7-5-4-6-9(10)12(8)18-2/h4-7H,1-3H3. The molecule has 0 unspecified atom stereocenters. The van der Waals surface area contributed by atoms with Gasteiger partial charge in [0.2, 0.25) is 0 Å². The van der Waals surface area contributed by atoms with Crippen molar-refractivity contribution in [2.24, 2.45) is 0 Å². The summed E-state index contributed by atoms with van der Waals surface area (Å²) < 4.78 is 49.7. The van der Waals surface area contributed by atoms with Gasteiger partial charge in [-0.2, -0.15) is 13.2 Å². The molecule has 2 aromatic rings. The number of ether oxygens (including phenoxy) is 2. The van der Waals surface area contributed by atoms with Crippen LogP contribution >= 0.6 is 0 Å². The van der Waals surface area contributed by atoms with E-state index in [0.717, 1.165) is 0 Å². The maximum absolute atomic E-state index is 13.2. The SMILES string of the molecule is COc1c(C)c(C(F)(F)F)c(OC)c2ccccc12. The zero-order valence-electron chi connectivity index (χ0n) is 10.8. The van der Waals surface area contributed by atoms with E-state index in [1.807, 2.05) is 0 Å². The lowest BCUT2D eigenvalue weighted by Gasteiger charge is -2.20. The van der Waals surface area contributed by atoms with Crippen molar-refractivity contribution >= 4 is 10.8 Å². The van der Waals surface area contributed by atoms with Crippen molar-refractivity contribution in [1.29, 1.82) is 0 Å². The van der Waals surface area contributed by atoms with E-state index in [1.54, 1.807) is 24.3 Å². The van der Waals surface area contributed by atoms with Crippen molar-refractivity contribution in [3.8, 4) is 11.5 Å². The van der Waals surface area contributed by atoms with Crippen LogP contribution in [0.2, 0.25) is 0 Å². The molecular formula is C14H13F3O2. The van der Waals surface area contributed by atoms with Crippen LogP contribution < -0.4 is 9.47 Å². The fourth-order valence-corrected chi connectivity index (χ4v) is 2.32. The van der Waals surface area contributed by atoms with Gasteiger partial charge in [-0.1, -0.05) is 24.3 Å². The van der Waals surface area contributed by atoms with E-state index in [-0.39, 0.29) is 17.1 Å². The van der Waals surface area contributed by atoms with E-state index in [1.165, 1.54) is 21.1 Å². The molecule has 2 aromatic carbocycles. The Bertz CT molecular complexity index is 618. The van der Waals surface area contributed by atoms with Crippen molar-refractivity contribution in [3.05, 3.63) is 35.4 Å². The Hall–Kier alpha value is -1.91. The number of methoxy groups -OCH3 is 2. The Morgan fingerprint density at radius 2 is 1.37 bits per heavy atom. The number of rotatable bonds is 2. The number of hydrogen-bond donors (Lipinski definition) is 0. The fourth-order valence-electron chi connectivity index (χ4n) is 2.32. The van der Waals surface area contributed by atoms with Gasteiger partial charge in [0.1, 0.15) is 17.1 Å². The van der Waals surface area contributed by atoms with Crippen LogP contribution in [-0.4, -0.2) is 14.2 Å². The van der Waals surface area contributed by atoms with E-state index >= 15 is 0 Å². The molecule has 2 rings (SSSR count). The normalized spacial score (nSPS) is 11.7. The van der Waals surface area contributed by atoms with Crippen molar-refractivity contribution < 1.29 is 22.6 Å². The van der Waals surface area contributed by atoms with E-state index < -0.39 is 11.7 Å². The van der Waals surface area contributed by atoms with Crippen molar-refractivity contribution in [2.75, 3.05) is 14.2 Å². The third-order valence-corrected chi connectivity index (χ3v) is 3.05. The van der Waals surface area contributed by atoms with Gasteiger partial charge in [-0.15, -0.1) is 0 Å². The first-order valence-corrected chi connectivity index (χ1v) is 5.62. The summed E-state index contributed by atoms with van der Waals surface area (Å²) in [5.74, 6) is 0.0603. The number of fused-ring (bicyclic) bond motifs is 1. The molecule has 19 heavy (non-hydrogen) atoms. The van der Waals surface area contributed by atoms with Crippen LogP contribution in [0.3, 0.4) is 0 Å². The highest BCUT2D eigenvalue weighted by molar-refractivity contribution is 5.96. The summed E-state index contributed by atoms with van der Waals surface area (Å²) in [5.41, 5.74) is -0.754. The van der Waals surface area contributed by atoms with Crippen LogP contribution in [0, 0.1) is 6.92 Å². The third kappa shape index (κ3) is 2.09. The molecule has 0 fully saturated rings. The molecule has 0 aromatic heterocycles. The summed E-state index contributed by atoms with van der Waals surface area (Å²) in [5, 5.41) is 0.993. The van der Waals surface area contributed by atoms with Gasteiger partial charge in [0.25, 0.3) is 0 Å². The van der Waals surface area contributed by atoms with E-state index in [4.69, 9.17) is 9.47 Å². The van der Waals surface area contributed by atoms with Gasteiger partial charge in [0.05, 0.1) is 14.2 Å². The van der Waals surface area contributed by atoms with Gasteiger partial charge < -0.3 is 9.47 Å². The smallest absolute Gasteiger partial charge is 0.420 e. The summed E-state index contributed by atoms with van der Waals surface area (Å²) in [7, 11) is 2.60. The first kappa shape index (κ1) is 13.5. The Morgan fingerprint density at radius 1 is 0.895 bits per heavy atom. The minimum Gasteiger partial charge on any atom is -0.496 e. The zero-order valence-corrected chi connectivity index (χ0v) is 10.8. The molecule has 0 aliphatic heterocycles. The fraction of sp³-hybridized carbons (Fsp3) is 0.286. The van der Waals surface area contributed by atoms with Crippen molar-refractivity contribution in [3.63, 3.8) is 0 Å². The summed E-state index contributed by atoms with van der Waals surface area (Å²) in [4.78, 5) is 0. The predicted octanol–water partition coefficient (Wildman–Crippen LogP) is 4.18. The summed E-state index contributed by atoms with van der Waals surface area (Å²) >= 11 is 0. The molecule has 0 aliphatic carbocycles. The van der Waals surface area contributed by atoms with E-state index in [0.29, 0.717) is 10.8 Å². The molecule has 0 radical (unpaired) electrons. The second-order valence-electron chi connectivity index (χ2n) is 4.11. The highest BCUT2D eigenvalue weighted by atomic mass is 19.4. The molecule has 0 heterocycles. The lowest BCUT2D eigenvalue weighted by molar-refractivity contribution is -0.139. The highest BCUT2D eigenvalue weighted by Crippen LogP contribution is 2.47. The number of alkyl halides is 3. The molecule has 0 saturated carbocycles. The minimum absolute atomic E-state index is 0.0329. The quantitative estimate of drug-likeness (QED) is 0.814. The monoisotopic (exact) mass is 270 g/mol. The van der Waals surface area contributed by atoms with Gasteiger partial charge in [-0.05, 0) is 6.92 Å². The largest absolute Gasteiger partial charge is 0.496 e. The second kappa shape index (κ2) is 4.64. The summed E-state index contributed by atoms with van der Waals surface area (Å²) in [6.45, 7) is 1.39. The molecule has 0 atom stereocenters. The molecule has 0 saturated heterocycles. The molecule has 5 heteroatoms. The molecule has 102 valence electrons. The molecule has 0 spiro atoms. The minimum atomic E-state index is -4.49. The Morgan fingerprint density at radius 3 is 1.79 bits per heavy atom. The zero-order chi connectivity index (χ0) is 14.2. The lowest BCUT2D eigenvalue weighted by Crippen LogP contribution is -2.11.